The number of hydrogen-bond acceptors (Lipinski definition) is 2. The Morgan fingerprint density at radius 1 is 1.53 bits per heavy atom. The summed E-state index contributed by atoms with van der Waals surface area (Å²) in [5.74, 6) is 1.33. The van der Waals surface area contributed by atoms with Crippen molar-refractivity contribution in [1.82, 2.24) is 4.90 Å². The number of halogens is 2. The highest BCUT2D eigenvalue weighted by Gasteiger charge is 2.46. The zero-order valence-electron chi connectivity index (χ0n) is 8.37. The van der Waals surface area contributed by atoms with Crippen LogP contribution in [0.3, 0.4) is 0 Å². The lowest BCUT2D eigenvalue weighted by Crippen LogP contribution is -2.31. The van der Waals surface area contributed by atoms with Crippen LogP contribution in [0.1, 0.15) is 6.42 Å². The van der Waals surface area contributed by atoms with Gasteiger partial charge in [-0.05, 0) is 25.0 Å². The number of likely N-dealkylation sites (tertiary alicyclic amines) is 1. The van der Waals surface area contributed by atoms with E-state index in [1.807, 2.05) is 4.90 Å². The van der Waals surface area contributed by atoms with Gasteiger partial charge in [-0.2, -0.15) is 0 Å². The van der Waals surface area contributed by atoms with Gasteiger partial charge in [0.1, 0.15) is 6.00 Å². The molecule has 1 saturated heterocycles. The van der Waals surface area contributed by atoms with Crippen LogP contribution in [-0.4, -0.2) is 36.5 Å². The molecule has 0 aromatic carbocycles. The van der Waals surface area contributed by atoms with Crippen molar-refractivity contribution in [2.75, 3.05) is 19.1 Å². The molecule has 2 rings (SSSR count). The summed E-state index contributed by atoms with van der Waals surface area (Å²) >= 11 is 5.51. The Morgan fingerprint density at radius 3 is 2.73 bits per heavy atom. The molecule has 15 heavy (non-hydrogen) atoms. The highest BCUT2D eigenvalue weighted by Crippen LogP contribution is 2.45. The lowest BCUT2D eigenvalue weighted by atomic mass is 10.4. The topological polar surface area (TPSA) is 28.0 Å². The van der Waals surface area contributed by atoms with Crippen LogP contribution in [0.4, 0.5) is 4.39 Å². The molecular formula is C10H13ClFN3. The fourth-order valence-electron chi connectivity index (χ4n) is 2.09. The lowest BCUT2D eigenvalue weighted by Gasteiger charge is -2.20. The fourth-order valence-corrected chi connectivity index (χ4v) is 2.21. The van der Waals surface area contributed by atoms with Crippen molar-refractivity contribution in [1.29, 1.82) is 0 Å². The first kappa shape index (κ1) is 10.6. The molecule has 1 aliphatic carbocycles. The van der Waals surface area contributed by atoms with Crippen molar-refractivity contribution in [3.8, 4) is 0 Å². The molecule has 0 spiro atoms. The number of fused-ring (bicyclic) bond motifs is 1. The highest BCUT2D eigenvalue weighted by atomic mass is 35.5. The first-order chi connectivity index (χ1) is 7.26. The zero-order chi connectivity index (χ0) is 10.8. The van der Waals surface area contributed by atoms with Gasteiger partial charge in [0.2, 0.25) is 0 Å². The Kier molecular flexibility index (Phi) is 3.05. The molecule has 2 unspecified atom stereocenters. The van der Waals surface area contributed by atoms with Crippen molar-refractivity contribution in [2.24, 2.45) is 21.8 Å². The minimum atomic E-state index is -0.452. The van der Waals surface area contributed by atoms with Crippen molar-refractivity contribution in [3.05, 3.63) is 12.0 Å². The number of nitrogens with zero attached hydrogens (tertiary/aromatic N) is 3. The maximum absolute atomic E-state index is 13.5. The summed E-state index contributed by atoms with van der Waals surface area (Å²) in [7, 11) is 0. The number of hydrogen-bond donors (Lipinski definition) is 0. The van der Waals surface area contributed by atoms with E-state index in [1.54, 1.807) is 0 Å². The van der Waals surface area contributed by atoms with E-state index in [4.69, 9.17) is 11.6 Å². The molecule has 3 nitrogen and oxygen atoms in total. The smallest absolute Gasteiger partial charge is 0.183 e. The molecule has 2 atom stereocenters. The molecule has 0 bridgehead atoms. The Balaban J connectivity index is 2.09. The van der Waals surface area contributed by atoms with Crippen molar-refractivity contribution in [2.45, 2.75) is 6.42 Å². The number of rotatable bonds is 3. The summed E-state index contributed by atoms with van der Waals surface area (Å²) in [6, 6.07) is 0.0690. The predicted octanol–water partition coefficient (Wildman–Crippen LogP) is 2.04. The summed E-state index contributed by atoms with van der Waals surface area (Å²) in [6.45, 7) is 5.00. The third-order valence-electron chi connectivity index (χ3n) is 2.91. The molecule has 1 saturated carbocycles. The molecule has 0 radical (unpaired) electrons. The first-order valence-electron chi connectivity index (χ1n) is 4.93. The van der Waals surface area contributed by atoms with Crippen LogP contribution in [-0.2, 0) is 0 Å². The number of amidine groups is 1. The van der Waals surface area contributed by atoms with Crippen LogP contribution in [0, 0.1) is 11.8 Å². The van der Waals surface area contributed by atoms with Crippen LogP contribution in [0.15, 0.2) is 22.0 Å². The fraction of sp³-hybridized carbons (Fsp3) is 0.600. The van der Waals surface area contributed by atoms with E-state index in [0.29, 0.717) is 5.84 Å². The monoisotopic (exact) mass is 229 g/mol. The molecule has 2 aliphatic rings. The second kappa shape index (κ2) is 4.31. The van der Waals surface area contributed by atoms with Crippen LogP contribution >= 0.6 is 11.6 Å². The van der Waals surface area contributed by atoms with Gasteiger partial charge < -0.3 is 4.90 Å². The summed E-state index contributed by atoms with van der Waals surface area (Å²) in [4.78, 5) is 9.30. The Bertz CT molecular complexity index is 317. The molecule has 2 fully saturated rings. The van der Waals surface area contributed by atoms with E-state index in [9.17, 15) is 4.39 Å². The van der Waals surface area contributed by atoms with Gasteiger partial charge in [-0.25, -0.2) is 9.38 Å². The minimum Gasteiger partial charge on any atom is -0.354 e. The van der Waals surface area contributed by atoms with E-state index >= 15 is 0 Å². The zero-order valence-corrected chi connectivity index (χ0v) is 9.12. The Morgan fingerprint density at radius 2 is 2.20 bits per heavy atom. The second-order valence-corrected chi connectivity index (χ2v) is 4.16. The van der Waals surface area contributed by atoms with Crippen LogP contribution in [0.2, 0.25) is 0 Å². The Hall–Kier alpha value is -0.900. The second-order valence-electron chi connectivity index (χ2n) is 3.92. The molecule has 0 aromatic rings. The molecule has 0 aromatic heterocycles. The molecule has 5 heteroatoms. The number of piperidine rings is 1. The maximum atomic E-state index is 13.5. The van der Waals surface area contributed by atoms with E-state index in [1.165, 1.54) is 6.42 Å². The maximum Gasteiger partial charge on any atom is 0.183 e. The molecule has 82 valence electrons. The SMILES string of the molecule is C=N/C=C(F)\C(=N/CCl)N1CC2CC2C1. The Labute approximate surface area is 93.3 Å². The van der Waals surface area contributed by atoms with Gasteiger partial charge in [0.05, 0.1) is 6.20 Å². The van der Waals surface area contributed by atoms with Crippen molar-refractivity contribution in [3.63, 3.8) is 0 Å². The molecule has 1 heterocycles. The van der Waals surface area contributed by atoms with E-state index in [0.717, 1.165) is 31.1 Å². The summed E-state index contributed by atoms with van der Waals surface area (Å²) in [5, 5.41) is 0. The molecule has 0 N–H and O–H groups in total. The molecule has 0 amide bonds. The summed E-state index contributed by atoms with van der Waals surface area (Å²) < 4.78 is 13.5. The van der Waals surface area contributed by atoms with E-state index in [2.05, 4.69) is 16.7 Å². The van der Waals surface area contributed by atoms with Crippen molar-refractivity contribution < 1.29 is 4.39 Å². The molecular weight excluding hydrogens is 217 g/mol. The van der Waals surface area contributed by atoms with Gasteiger partial charge in [0.25, 0.3) is 0 Å². The average molecular weight is 230 g/mol. The van der Waals surface area contributed by atoms with E-state index < -0.39 is 5.83 Å². The first-order valence-corrected chi connectivity index (χ1v) is 5.47. The normalized spacial score (nSPS) is 30.4. The van der Waals surface area contributed by atoms with Gasteiger partial charge in [-0.1, -0.05) is 0 Å². The van der Waals surface area contributed by atoms with E-state index in [-0.39, 0.29) is 6.00 Å². The van der Waals surface area contributed by atoms with Gasteiger partial charge in [-0.15, -0.1) is 11.6 Å². The number of aliphatic imine (C=N–C) groups is 2. The lowest BCUT2D eigenvalue weighted by molar-refractivity contribution is 0.448. The van der Waals surface area contributed by atoms with Gasteiger partial charge in [-0.3, -0.25) is 4.99 Å². The van der Waals surface area contributed by atoms with Crippen LogP contribution in [0.25, 0.3) is 0 Å². The van der Waals surface area contributed by atoms with Gasteiger partial charge in [0.15, 0.2) is 11.7 Å². The minimum absolute atomic E-state index is 0.0690. The summed E-state index contributed by atoms with van der Waals surface area (Å²) in [6.07, 6.45) is 2.35. The average Bonchev–Trinajstić information content (AvgIpc) is 2.83. The predicted molar refractivity (Wildman–Crippen MR) is 60.1 cm³/mol. The van der Waals surface area contributed by atoms with Gasteiger partial charge in [0, 0.05) is 13.1 Å². The third kappa shape index (κ3) is 2.20. The van der Waals surface area contributed by atoms with Crippen LogP contribution < -0.4 is 0 Å². The van der Waals surface area contributed by atoms with Crippen LogP contribution in [0.5, 0.6) is 0 Å². The summed E-state index contributed by atoms with van der Waals surface area (Å²) in [5.41, 5.74) is 0. The molecule has 1 aliphatic heterocycles. The standard InChI is InChI=1S/C10H13ClFN3/c1-13-3-9(12)10(14-6-11)15-4-7-2-8(7)5-15/h3,7-8H,1-2,4-6H2/b9-3+,14-10+. The number of alkyl halides is 1. The van der Waals surface area contributed by atoms with Gasteiger partial charge >= 0.3 is 0 Å². The van der Waals surface area contributed by atoms with Crippen molar-refractivity contribution >= 4 is 24.2 Å². The third-order valence-corrected chi connectivity index (χ3v) is 3.03. The highest BCUT2D eigenvalue weighted by molar-refractivity contribution is 6.18. The quantitative estimate of drug-likeness (QED) is 0.315. The largest absolute Gasteiger partial charge is 0.354 e.